The van der Waals surface area contributed by atoms with Crippen LogP contribution in [-0.4, -0.2) is 68.1 Å². The summed E-state index contributed by atoms with van der Waals surface area (Å²) in [5.41, 5.74) is 0. The van der Waals surface area contributed by atoms with Gasteiger partial charge in [-0.25, -0.2) is 0 Å². The lowest BCUT2D eigenvalue weighted by atomic mass is 10.0. The second-order valence-electron chi connectivity index (χ2n) is 5.11. The summed E-state index contributed by atoms with van der Waals surface area (Å²) in [5, 5.41) is 0. The number of Topliss-reactive ketones (excluding diaryl/α,β-unsaturated/α-hetero) is 1. The maximum atomic E-state index is 12.0. The largest absolute Gasteiger partial charge is 0.381 e. The zero-order valence-corrected chi connectivity index (χ0v) is 10.3. The predicted octanol–water partition coefficient (Wildman–Crippen LogP) is 0.228. The number of nitrogens with zero attached hydrogens (tertiary/aromatic N) is 2. The molecule has 0 saturated carbocycles. The summed E-state index contributed by atoms with van der Waals surface area (Å²) >= 11 is 0. The van der Waals surface area contributed by atoms with E-state index in [2.05, 4.69) is 23.8 Å². The van der Waals surface area contributed by atoms with Crippen LogP contribution in [0, 0.1) is 5.92 Å². The van der Waals surface area contributed by atoms with Crippen molar-refractivity contribution >= 4 is 5.78 Å². The molecule has 2 aliphatic heterocycles. The van der Waals surface area contributed by atoms with E-state index >= 15 is 0 Å². The predicted molar refractivity (Wildman–Crippen MR) is 62.5 cm³/mol. The Balaban J connectivity index is 1.82. The number of hydrogen-bond donors (Lipinski definition) is 0. The van der Waals surface area contributed by atoms with Gasteiger partial charge in [0.25, 0.3) is 0 Å². The van der Waals surface area contributed by atoms with E-state index < -0.39 is 0 Å². The molecule has 0 spiro atoms. The van der Waals surface area contributed by atoms with Crippen molar-refractivity contribution in [3.8, 4) is 0 Å². The van der Waals surface area contributed by atoms with Gasteiger partial charge in [-0.1, -0.05) is 0 Å². The number of carbonyl (C=O) groups is 1. The average molecular weight is 226 g/mol. The molecule has 0 amide bonds. The summed E-state index contributed by atoms with van der Waals surface area (Å²) in [6, 6.07) is 0.491. The summed E-state index contributed by atoms with van der Waals surface area (Å²) in [6.45, 7) is 7.36. The molecule has 16 heavy (non-hydrogen) atoms. The van der Waals surface area contributed by atoms with Crippen LogP contribution in [0.15, 0.2) is 0 Å². The topological polar surface area (TPSA) is 32.8 Å². The molecular formula is C12H22N2O2. The molecule has 2 fully saturated rings. The number of piperazine rings is 1. The molecule has 2 aliphatic rings. The van der Waals surface area contributed by atoms with Gasteiger partial charge in [-0.3, -0.25) is 9.69 Å². The van der Waals surface area contributed by atoms with Gasteiger partial charge in [0.05, 0.1) is 13.2 Å². The molecule has 4 heteroatoms. The lowest BCUT2D eigenvalue weighted by molar-refractivity contribution is -0.125. The first-order valence-corrected chi connectivity index (χ1v) is 6.20. The molecule has 2 saturated heterocycles. The van der Waals surface area contributed by atoms with Crippen molar-refractivity contribution in [2.75, 3.05) is 46.4 Å². The molecule has 4 nitrogen and oxygen atoms in total. The van der Waals surface area contributed by atoms with Crippen LogP contribution in [0.1, 0.15) is 13.3 Å². The van der Waals surface area contributed by atoms with Crippen molar-refractivity contribution in [1.82, 2.24) is 9.80 Å². The smallest absolute Gasteiger partial charge is 0.152 e. The third-order valence-corrected chi connectivity index (χ3v) is 3.71. The zero-order valence-electron chi connectivity index (χ0n) is 10.3. The Labute approximate surface area is 97.5 Å². The lowest BCUT2D eigenvalue weighted by Gasteiger charge is -2.38. The molecule has 92 valence electrons. The van der Waals surface area contributed by atoms with Crippen LogP contribution in [0.3, 0.4) is 0 Å². The van der Waals surface area contributed by atoms with E-state index in [0.29, 0.717) is 25.0 Å². The van der Waals surface area contributed by atoms with Crippen molar-refractivity contribution in [2.24, 2.45) is 5.92 Å². The number of ketones is 1. The third kappa shape index (κ3) is 2.81. The highest BCUT2D eigenvalue weighted by atomic mass is 16.5. The average Bonchev–Trinajstić information content (AvgIpc) is 2.75. The molecule has 0 radical (unpaired) electrons. The van der Waals surface area contributed by atoms with Gasteiger partial charge in [-0.2, -0.15) is 0 Å². The van der Waals surface area contributed by atoms with Gasteiger partial charge in [-0.15, -0.1) is 0 Å². The number of rotatable bonds is 3. The van der Waals surface area contributed by atoms with Gasteiger partial charge in [0.1, 0.15) is 0 Å². The van der Waals surface area contributed by atoms with Crippen LogP contribution in [0.25, 0.3) is 0 Å². The molecule has 0 aromatic carbocycles. The SMILES string of the molecule is CC1CN(C)CCN1CC(=O)C1CCOC1. The first-order chi connectivity index (χ1) is 7.66. The van der Waals surface area contributed by atoms with Gasteiger partial charge in [0.2, 0.25) is 0 Å². The van der Waals surface area contributed by atoms with E-state index in [1.54, 1.807) is 0 Å². The number of ether oxygens (including phenoxy) is 1. The Bertz CT molecular complexity index is 251. The molecule has 0 bridgehead atoms. The Hall–Kier alpha value is -0.450. The third-order valence-electron chi connectivity index (χ3n) is 3.71. The fourth-order valence-corrected chi connectivity index (χ4v) is 2.53. The van der Waals surface area contributed by atoms with Crippen molar-refractivity contribution in [3.05, 3.63) is 0 Å². The van der Waals surface area contributed by atoms with Crippen molar-refractivity contribution in [1.29, 1.82) is 0 Å². The van der Waals surface area contributed by atoms with Crippen LogP contribution >= 0.6 is 0 Å². The zero-order chi connectivity index (χ0) is 11.5. The van der Waals surface area contributed by atoms with Crippen LogP contribution in [0.2, 0.25) is 0 Å². The highest BCUT2D eigenvalue weighted by Gasteiger charge is 2.28. The normalized spacial score (nSPS) is 33.1. The molecule has 0 aromatic rings. The number of likely N-dealkylation sites (N-methyl/N-ethyl adjacent to an activating group) is 1. The second-order valence-corrected chi connectivity index (χ2v) is 5.11. The van der Waals surface area contributed by atoms with Crippen molar-refractivity contribution in [2.45, 2.75) is 19.4 Å². The number of hydrogen-bond acceptors (Lipinski definition) is 4. The van der Waals surface area contributed by atoms with Crippen LogP contribution < -0.4 is 0 Å². The van der Waals surface area contributed by atoms with E-state index in [9.17, 15) is 4.79 Å². The molecule has 0 N–H and O–H groups in total. The Morgan fingerprint density at radius 1 is 1.44 bits per heavy atom. The fraction of sp³-hybridized carbons (Fsp3) is 0.917. The molecule has 2 rings (SSSR count). The second kappa shape index (κ2) is 5.25. The maximum Gasteiger partial charge on any atom is 0.152 e. The highest BCUT2D eigenvalue weighted by Crippen LogP contribution is 2.15. The van der Waals surface area contributed by atoms with Crippen LogP contribution in [-0.2, 0) is 9.53 Å². The molecule has 2 heterocycles. The Morgan fingerprint density at radius 2 is 2.25 bits per heavy atom. The van der Waals surface area contributed by atoms with Crippen LogP contribution in [0.5, 0.6) is 0 Å². The van der Waals surface area contributed by atoms with E-state index in [1.807, 2.05) is 0 Å². The van der Waals surface area contributed by atoms with E-state index in [-0.39, 0.29) is 5.92 Å². The molecule has 0 aromatic heterocycles. The van der Waals surface area contributed by atoms with Crippen molar-refractivity contribution < 1.29 is 9.53 Å². The molecular weight excluding hydrogens is 204 g/mol. The molecule has 2 unspecified atom stereocenters. The Kier molecular flexibility index (Phi) is 3.95. The van der Waals surface area contributed by atoms with Gasteiger partial charge < -0.3 is 9.64 Å². The number of carbonyl (C=O) groups excluding carboxylic acids is 1. The molecule has 0 aliphatic carbocycles. The molecule has 2 atom stereocenters. The van der Waals surface area contributed by atoms with Gasteiger partial charge >= 0.3 is 0 Å². The first-order valence-electron chi connectivity index (χ1n) is 6.20. The summed E-state index contributed by atoms with van der Waals surface area (Å²) < 4.78 is 5.26. The summed E-state index contributed by atoms with van der Waals surface area (Å²) in [7, 11) is 2.14. The minimum absolute atomic E-state index is 0.159. The minimum atomic E-state index is 0.159. The summed E-state index contributed by atoms with van der Waals surface area (Å²) in [4.78, 5) is 16.6. The fourth-order valence-electron chi connectivity index (χ4n) is 2.53. The highest BCUT2D eigenvalue weighted by molar-refractivity contribution is 5.83. The van der Waals surface area contributed by atoms with Gasteiger partial charge in [-0.05, 0) is 20.4 Å². The maximum absolute atomic E-state index is 12.0. The van der Waals surface area contributed by atoms with E-state index in [0.717, 1.165) is 32.7 Å². The lowest BCUT2D eigenvalue weighted by Crippen LogP contribution is -2.52. The standard InChI is InChI=1S/C12H22N2O2/c1-10-7-13(2)4-5-14(10)8-12(15)11-3-6-16-9-11/h10-11H,3-9H2,1-2H3. The van der Waals surface area contributed by atoms with Gasteiger partial charge in [0, 0.05) is 38.2 Å². The Morgan fingerprint density at radius 3 is 2.88 bits per heavy atom. The summed E-state index contributed by atoms with van der Waals surface area (Å²) in [5.74, 6) is 0.528. The minimum Gasteiger partial charge on any atom is -0.381 e. The van der Waals surface area contributed by atoms with E-state index in [4.69, 9.17) is 4.74 Å². The van der Waals surface area contributed by atoms with Crippen molar-refractivity contribution in [3.63, 3.8) is 0 Å². The van der Waals surface area contributed by atoms with Gasteiger partial charge in [0.15, 0.2) is 5.78 Å². The monoisotopic (exact) mass is 226 g/mol. The summed E-state index contributed by atoms with van der Waals surface area (Å²) in [6.07, 6.45) is 0.918. The first kappa shape index (κ1) is 12.0. The van der Waals surface area contributed by atoms with E-state index in [1.165, 1.54) is 0 Å². The quantitative estimate of drug-likeness (QED) is 0.689. The van der Waals surface area contributed by atoms with Crippen LogP contribution in [0.4, 0.5) is 0 Å².